The normalized spacial score (nSPS) is 19.9. The van der Waals surface area contributed by atoms with Crippen LogP contribution in [0.1, 0.15) is 83.6 Å². The van der Waals surface area contributed by atoms with Gasteiger partial charge in [0.05, 0.1) is 34.9 Å². The first-order valence-corrected chi connectivity index (χ1v) is 20.1. The number of hydrogen-bond donors (Lipinski definition) is 3. The SMILES string of the molecule is Cc1c(OCCCN2CCC(F)CC2)cccc1-c1cccc2c1CC[C@@H]2Oc1cc(OCc2cc(C#N)cc(C#N)c2)c(CN[C@H]2CCC(O)NC2)cc1Cl. The smallest absolute Gasteiger partial charge is 0.142 e. The first kappa shape index (κ1) is 39.6. The summed E-state index contributed by atoms with van der Waals surface area (Å²) in [5.74, 6) is 1.98. The molecule has 0 bridgehead atoms. The zero-order valence-corrected chi connectivity index (χ0v) is 32.6. The Morgan fingerprint density at radius 3 is 2.43 bits per heavy atom. The molecule has 4 aromatic carbocycles. The molecule has 56 heavy (non-hydrogen) atoms. The number of nitriles is 2. The monoisotopic (exact) mass is 777 g/mol. The molecule has 3 aliphatic rings. The minimum atomic E-state index is -0.659. The maximum absolute atomic E-state index is 13.5. The van der Waals surface area contributed by atoms with Crippen molar-refractivity contribution >= 4 is 11.6 Å². The van der Waals surface area contributed by atoms with E-state index in [0.717, 1.165) is 73.3 Å². The number of fused-ring (bicyclic) bond motifs is 1. The van der Waals surface area contributed by atoms with Gasteiger partial charge in [-0.15, -0.1) is 0 Å². The molecule has 1 aliphatic carbocycles. The summed E-state index contributed by atoms with van der Waals surface area (Å²) in [6, 6.07) is 25.8. The Hall–Kier alpha value is -4.68. The van der Waals surface area contributed by atoms with Crippen LogP contribution in [0.2, 0.25) is 5.02 Å². The summed E-state index contributed by atoms with van der Waals surface area (Å²) in [6.07, 6.45) is 3.92. The van der Waals surface area contributed by atoms with Crippen LogP contribution in [0.3, 0.4) is 0 Å². The highest BCUT2D eigenvalue weighted by molar-refractivity contribution is 6.32. The predicted octanol–water partition coefficient (Wildman–Crippen LogP) is 8.07. The van der Waals surface area contributed by atoms with Gasteiger partial charge in [0, 0.05) is 50.4 Å². The van der Waals surface area contributed by atoms with Gasteiger partial charge in [0.15, 0.2) is 0 Å². The number of rotatable bonds is 14. The van der Waals surface area contributed by atoms with E-state index in [9.17, 15) is 20.0 Å². The lowest BCUT2D eigenvalue weighted by Gasteiger charge is -2.28. The Kier molecular flexibility index (Phi) is 13.1. The van der Waals surface area contributed by atoms with E-state index < -0.39 is 12.4 Å². The topological polar surface area (TPSA) is 123 Å². The lowest BCUT2D eigenvalue weighted by atomic mass is 9.93. The van der Waals surface area contributed by atoms with Gasteiger partial charge < -0.3 is 29.5 Å². The quantitative estimate of drug-likeness (QED) is 0.109. The maximum Gasteiger partial charge on any atom is 0.142 e. The van der Waals surface area contributed by atoms with Gasteiger partial charge in [-0.05, 0) is 116 Å². The van der Waals surface area contributed by atoms with Gasteiger partial charge in [0.2, 0.25) is 0 Å². The largest absolute Gasteiger partial charge is 0.493 e. The van der Waals surface area contributed by atoms with Crippen LogP contribution in [0.15, 0.2) is 66.7 Å². The van der Waals surface area contributed by atoms with E-state index >= 15 is 0 Å². The van der Waals surface area contributed by atoms with Crippen molar-refractivity contribution in [3.63, 3.8) is 0 Å². The van der Waals surface area contributed by atoms with Crippen molar-refractivity contribution < 1.29 is 23.7 Å². The van der Waals surface area contributed by atoms with Gasteiger partial charge in [-0.3, -0.25) is 5.32 Å². The zero-order chi connectivity index (χ0) is 39.0. The first-order valence-electron chi connectivity index (χ1n) is 19.7. The average Bonchev–Trinajstić information content (AvgIpc) is 3.63. The van der Waals surface area contributed by atoms with E-state index in [1.54, 1.807) is 18.2 Å². The highest BCUT2D eigenvalue weighted by atomic mass is 35.5. The zero-order valence-electron chi connectivity index (χ0n) is 31.8. The molecule has 2 fully saturated rings. The molecule has 0 aromatic heterocycles. The molecule has 1 unspecified atom stereocenters. The molecule has 292 valence electrons. The number of hydrogen-bond acceptors (Lipinski definition) is 9. The molecule has 2 heterocycles. The van der Waals surface area contributed by atoms with Crippen LogP contribution in [-0.2, 0) is 19.6 Å². The van der Waals surface area contributed by atoms with Gasteiger partial charge >= 0.3 is 0 Å². The lowest BCUT2D eigenvalue weighted by Crippen LogP contribution is -2.47. The van der Waals surface area contributed by atoms with Crippen molar-refractivity contribution in [3.05, 3.63) is 111 Å². The van der Waals surface area contributed by atoms with Crippen molar-refractivity contribution in [3.8, 4) is 40.5 Å². The first-order chi connectivity index (χ1) is 27.3. The molecular formula is C45H49ClFN5O4. The number of aliphatic hydroxyl groups is 1. The minimum Gasteiger partial charge on any atom is -0.493 e. The van der Waals surface area contributed by atoms with Crippen LogP contribution in [0.4, 0.5) is 4.39 Å². The molecule has 7 rings (SSSR count). The summed E-state index contributed by atoms with van der Waals surface area (Å²) < 4.78 is 33.0. The van der Waals surface area contributed by atoms with E-state index in [1.807, 2.05) is 18.2 Å². The molecule has 0 saturated carbocycles. The fourth-order valence-electron chi connectivity index (χ4n) is 8.08. The third kappa shape index (κ3) is 9.64. The fourth-order valence-corrected chi connectivity index (χ4v) is 8.31. The van der Waals surface area contributed by atoms with Crippen LogP contribution in [-0.4, -0.2) is 61.2 Å². The van der Waals surface area contributed by atoms with E-state index in [4.69, 9.17) is 25.8 Å². The van der Waals surface area contributed by atoms with Crippen LogP contribution in [0, 0.1) is 29.6 Å². The van der Waals surface area contributed by atoms with Gasteiger partial charge in [0.1, 0.15) is 42.4 Å². The van der Waals surface area contributed by atoms with Gasteiger partial charge in [-0.2, -0.15) is 10.5 Å². The van der Waals surface area contributed by atoms with Crippen molar-refractivity contribution in [2.45, 2.75) is 89.6 Å². The highest BCUT2D eigenvalue weighted by Crippen LogP contribution is 2.44. The number of piperidine rings is 2. The van der Waals surface area contributed by atoms with E-state index in [2.05, 4.69) is 64.9 Å². The third-order valence-corrected chi connectivity index (χ3v) is 11.5. The second kappa shape index (κ2) is 18.5. The predicted molar refractivity (Wildman–Crippen MR) is 215 cm³/mol. The van der Waals surface area contributed by atoms with E-state index in [0.29, 0.717) is 72.2 Å². The van der Waals surface area contributed by atoms with Crippen LogP contribution < -0.4 is 24.8 Å². The molecule has 4 aromatic rings. The molecular weight excluding hydrogens is 729 g/mol. The third-order valence-electron chi connectivity index (χ3n) is 11.2. The van der Waals surface area contributed by atoms with E-state index in [1.165, 1.54) is 11.1 Å². The number of halogens is 2. The molecule has 0 amide bonds. The number of alkyl halides is 1. The van der Waals surface area contributed by atoms with Crippen LogP contribution >= 0.6 is 11.6 Å². The Balaban J connectivity index is 1.07. The van der Waals surface area contributed by atoms with Gasteiger partial charge in [-0.1, -0.05) is 41.9 Å². The van der Waals surface area contributed by atoms with Crippen LogP contribution in [0.5, 0.6) is 17.2 Å². The summed E-state index contributed by atoms with van der Waals surface area (Å²) in [5.41, 5.74) is 8.12. The number of benzene rings is 4. The Morgan fingerprint density at radius 2 is 1.68 bits per heavy atom. The maximum atomic E-state index is 13.5. The number of nitrogens with one attached hydrogen (secondary N) is 2. The second-order valence-corrected chi connectivity index (χ2v) is 15.5. The van der Waals surface area contributed by atoms with E-state index in [-0.39, 0.29) is 18.8 Å². The molecule has 11 heteroatoms. The molecule has 3 N–H and O–H groups in total. The Labute approximate surface area is 333 Å². The average molecular weight is 778 g/mol. The molecule has 2 saturated heterocycles. The van der Waals surface area contributed by atoms with Crippen molar-refractivity contribution in [1.29, 1.82) is 10.5 Å². The molecule has 0 spiro atoms. The highest BCUT2D eigenvalue weighted by Gasteiger charge is 2.29. The van der Waals surface area contributed by atoms with Crippen LogP contribution in [0.25, 0.3) is 11.1 Å². The summed E-state index contributed by atoms with van der Waals surface area (Å²) in [6.45, 7) is 6.55. The Morgan fingerprint density at radius 1 is 0.911 bits per heavy atom. The number of nitrogens with zero attached hydrogens (tertiary/aromatic N) is 3. The van der Waals surface area contributed by atoms with Gasteiger partial charge in [0.25, 0.3) is 0 Å². The molecule has 0 radical (unpaired) electrons. The second-order valence-electron chi connectivity index (χ2n) is 15.1. The lowest BCUT2D eigenvalue weighted by molar-refractivity contribution is 0.0955. The Bertz CT molecular complexity index is 2050. The summed E-state index contributed by atoms with van der Waals surface area (Å²) in [4.78, 5) is 2.33. The van der Waals surface area contributed by atoms with Crippen molar-refractivity contribution in [2.75, 3.05) is 32.8 Å². The fraction of sp³-hybridized carbons (Fsp3) is 0.422. The summed E-state index contributed by atoms with van der Waals surface area (Å²) in [7, 11) is 0. The summed E-state index contributed by atoms with van der Waals surface area (Å²) >= 11 is 6.95. The molecule has 3 atom stereocenters. The van der Waals surface area contributed by atoms with Crippen molar-refractivity contribution in [1.82, 2.24) is 15.5 Å². The standard InChI is InChI=1S/C45H49ClFN5O4/c1-29-36(5-3-8-41(29)54-18-4-15-52-16-13-34(47)14-17-52)37-6-2-7-39-38(37)10-11-42(39)56-44-23-43(55-28-32-20-30(24-48)19-31(21-32)25-49)33(22-40(44)46)26-50-35-9-12-45(53)51-27-35/h2-3,5-8,19-23,34-35,42,45,50-51,53H,4,9-18,26-28H2,1H3/t35-,42-,45?/m0/s1. The number of ether oxygens (including phenoxy) is 3. The molecule has 9 nitrogen and oxygen atoms in total. The summed E-state index contributed by atoms with van der Waals surface area (Å²) in [5, 5.41) is 36.0. The minimum absolute atomic E-state index is 0.145. The number of aliphatic hydroxyl groups excluding tert-OH is 1. The molecule has 2 aliphatic heterocycles. The van der Waals surface area contributed by atoms with Crippen molar-refractivity contribution in [2.24, 2.45) is 0 Å². The van der Waals surface area contributed by atoms with Gasteiger partial charge in [-0.25, -0.2) is 4.39 Å². The number of likely N-dealkylation sites (tertiary alicyclic amines) is 1.